The van der Waals surface area contributed by atoms with E-state index in [0.717, 1.165) is 10.9 Å². The lowest BCUT2D eigenvalue weighted by molar-refractivity contribution is 0.588. The fraction of sp³-hybridized carbons (Fsp3) is 0.0714. The van der Waals surface area contributed by atoms with E-state index in [0.29, 0.717) is 10.1 Å². The molecule has 0 unspecified atom stereocenters. The van der Waals surface area contributed by atoms with Gasteiger partial charge in [0.15, 0.2) is 0 Å². The summed E-state index contributed by atoms with van der Waals surface area (Å²) in [7, 11) is -3.63. The summed E-state index contributed by atoms with van der Waals surface area (Å²) >= 11 is 3.31. The van der Waals surface area contributed by atoms with Gasteiger partial charge in [-0.3, -0.25) is 4.98 Å². The molecule has 2 heterocycles. The first kappa shape index (κ1) is 13.3. The van der Waals surface area contributed by atoms with Gasteiger partial charge < -0.3 is 0 Å². The second-order valence-electron chi connectivity index (χ2n) is 4.48. The highest BCUT2D eigenvalue weighted by atomic mass is 79.9. The smallest absolute Gasteiger partial charge is 0.264 e. The van der Waals surface area contributed by atoms with Crippen LogP contribution in [0, 0.1) is 6.92 Å². The molecule has 2 aromatic heterocycles. The van der Waals surface area contributed by atoms with Crippen molar-refractivity contribution in [1.29, 1.82) is 0 Å². The molecule has 0 spiro atoms. The normalized spacial score (nSPS) is 11.9. The minimum atomic E-state index is -3.63. The summed E-state index contributed by atoms with van der Waals surface area (Å²) < 4.78 is 27.3. The van der Waals surface area contributed by atoms with E-state index in [1.807, 2.05) is 6.92 Å². The molecule has 102 valence electrons. The third-order valence-electron chi connectivity index (χ3n) is 3.07. The molecule has 3 aromatic rings. The fourth-order valence-corrected chi connectivity index (χ4v) is 4.47. The molecule has 0 saturated heterocycles. The molecule has 0 bridgehead atoms. The van der Waals surface area contributed by atoms with Crippen LogP contribution >= 0.6 is 15.9 Å². The number of nitrogens with zero attached hydrogens (tertiary/aromatic N) is 2. The maximum atomic E-state index is 12.8. The molecule has 0 aliphatic carbocycles. The Labute approximate surface area is 125 Å². The van der Waals surface area contributed by atoms with E-state index >= 15 is 0 Å². The van der Waals surface area contributed by atoms with Gasteiger partial charge in [-0.1, -0.05) is 17.7 Å². The van der Waals surface area contributed by atoms with Gasteiger partial charge in [0, 0.05) is 17.8 Å². The standard InChI is InChI=1S/C14H11BrN2O2S/c1-10-2-4-12(5-3-10)20(18,19)17-13-6-7-16-9-11(13)8-14(17)15/h2-9H,1H3. The lowest BCUT2D eigenvalue weighted by atomic mass is 10.2. The van der Waals surface area contributed by atoms with Gasteiger partial charge in [-0.2, -0.15) is 0 Å². The van der Waals surface area contributed by atoms with Crippen LogP contribution in [0.3, 0.4) is 0 Å². The molecule has 3 rings (SSSR count). The van der Waals surface area contributed by atoms with E-state index in [1.165, 1.54) is 3.97 Å². The highest BCUT2D eigenvalue weighted by molar-refractivity contribution is 9.10. The van der Waals surface area contributed by atoms with Crippen molar-refractivity contribution in [2.45, 2.75) is 11.8 Å². The largest absolute Gasteiger partial charge is 0.269 e. The number of aryl methyl sites for hydroxylation is 1. The number of pyridine rings is 1. The average molecular weight is 351 g/mol. The minimum absolute atomic E-state index is 0.262. The zero-order valence-corrected chi connectivity index (χ0v) is 13.0. The number of aromatic nitrogens is 2. The van der Waals surface area contributed by atoms with Crippen LogP contribution in [0.25, 0.3) is 10.9 Å². The van der Waals surface area contributed by atoms with Crippen molar-refractivity contribution in [3.05, 3.63) is 59.0 Å². The Balaban J connectivity index is 2.29. The Hall–Kier alpha value is -1.66. The summed E-state index contributed by atoms with van der Waals surface area (Å²) in [6, 6.07) is 10.2. The zero-order chi connectivity index (χ0) is 14.3. The molecule has 0 aliphatic rings. The van der Waals surface area contributed by atoms with Gasteiger partial charge >= 0.3 is 0 Å². The lowest BCUT2D eigenvalue weighted by Gasteiger charge is -2.09. The van der Waals surface area contributed by atoms with Gasteiger partial charge in [-0.15, -0.1) is 0 Å². The van der Waals surface area contributed by atoms with Crippen molar-refractivity contribution in [3.63, 3.8) is 0 Å². The maximum absolute atomic E-state index is 12.8. The molecule has 0 amide bonds. The SMILES string of the molecule is Cc1ccc(S(=O)(=O)n2c(Br)cc3cnccc32)cc1. The van der Waals surface area contributed by atoms with Gasteiger partial charge in [0.05, 0.1) is 10.4 Å². The number of halogens is 1. The van der Waals surface area contributed by atoms with Crippen LogP contribution in [0.2, 0.25) is 0 Å². The first-order valence-corrected chi connectivity index (χ1v) is 8.17. The van der Waals surface area contributed by atoms with Gasteiger partial charge in [0.1, 0.15) is 4.60 Å². The quantitative estimate of drug-likeness (QED) is 0.712. The molecule has 20 heavy (non-hydrogen) atoms. The topological polar surface area (TPSA) is 52.0 Å². The summed E-state index contributed by atoms with van der Waals surface area (Å²) in [4.78, 5) is 4.27. The van der Waals surface area contributed by atoms with Gasteiger partial charge in [0.2, 0.25) is 0 Å². The first-order chi connectivity index (χ1) is 9.50. The molecule has 0 atom stereocenters. The molecule has 0 saturated carbocycles. The third kappa shape index (κ3) is 2.05. The van der Waals surface area contributed by atoms with E-state index < -0.39 is 10.0 Å². The van der Waals surface area contributed by atoms with Gasteiger partial charge in [0.25, 0.3) is 10.0 Å². The molecule has 0 fully saturated rings. The van der Waals surface area contributed by atoms with E-state index in [1.54, 1.807) is 48.8 Å². The third-order valence-corrected chi connectivity index (χ3v) is 5.63. The molecule has 6 heteroatoms. The lowest BCUT2D eigenvalue weighted by Crippen LogP contribution is -2.13. The Morgan fingerprint density at radius 1 is 1.15 bits per heavy atom. The molecule has 0 aliphatic heterocycles. The summed E-state index contributed by atoms with van der Waals surface area (Å²) in [6.07, 6.45) is 3.22. The number of fused-ring (bicyclic) bond motifs is 1. The van der Waals surface area contributed by atoms with Crippen LogP contribution < -0.4 is 0 Å². The Morgan fingerprint density at radius 3 is 2.55 bits per heavy atom. The summed E-state index contributed by atoms with van der Waals surface area (Å²) in [6.45, 7) is 1.92. The molecule has 1 aromatic carbocycles. The molecular weight excluding hydrogens is 340 g/mol. The van der Waals surface area contributed by atoms with Crippen molar-refractivity contribution in [1.82, 2.24) is 8.96 Å². The van der Waals surface area contributed by atoms with E-state index in [9.17, 15) is 8.42 Å². The highest BCUT2D eigenvalue weighted by Crippen LogP contribution is 2.28. The number of hydrogen-bond acceptors (Lipinski definition) is 3. The van der Waals surface area contributed by atoms with E-state index in [2.05, 4.69) is 20.9 Å². The predicted octanol–water partition coefficient (Wildman–Crippen LogP) is 3.34. The minimum Gasteiger partial charge on any atom is -0.264 e. The summed E-state index contributed by atoms with van der Waals surface area (Å²) in [5.41, 5.74) is 1.62. The average Bonchev–Trinajstić information content (AvgIpc) is 2.75. The highest BCUT2D eigenvalue weighted by Gasteiger charge is 2.21. The molecular formula is C14H11BrN2O2S. The second kappa shape index (κ2) is 4.71. The van der Waals surface area contributed by atoms with Crippen molar-refractivity contribution in [3.8, 4) is 0 Å². The maximum Gasteiger partial charge on any atom is 0.269 e. The van der Waals surface area contributed by atoms with Gasteiger partial charge in [-0.05, 0) is 47.1 Å². The van der Waals surface area contributed by atoms with Crippen molar-refractivity contribution in [2.75, 3.05) is 0 Å². The van der Waals surface area contributed by atoms with E-state index in [-0.39, 0.29) is 4.90 Å². The first-order valence-electron chi connectivity index (χ1n) is 5.93. The predicted molar refractivity (Wildman–Crippen MR) is 81.2 cm³/mol. The van der Waals surface area contributed by atoms with Crippen LogP contribution in [0.1, 0.15) is 5.56 Å². The van der Waals surface area contributed by atoms with Crippen molar-refractivity contribution >= 4 is 36.9 Å². The van der Waals surface area contributed by atoms with Crippen LogP contribution in [-0.4, -0.2) is 17.4 Å². The number of hydrogen-bond donors (Lipinski definition) is 0. The Morgan fingerprint density at radius 2 is 1.85 bits per heavy atom. The molecule has 4 nitrogen and oxygen atoms in total. The van der Waals surface area contributed by atoms with Crippen LogP contribution in [0.15, 0.2) is 58.3 Å². The van der Waals surface area contributed by atoms with Crippen molar-refractivity contribution < 1.29 is 8.42 Å². The van der Waals surface area contributed by atoms with Crippen LogP contribution in [-0.2, 0) is 10.0 Å². The monoisotopic (exact) mass is 350 g/mol. The number of rotatable bonds is 2. The molecule has 0 radical (unpaired) electrons. The van der Waals surface area contributed by atoms with Gasteiger partial charge in [-0.25, -0.2) is 12.4 Å². The van der Waals surface area contributed by atoms with E-state index in [4.69, 9.17) is 0 Å². The summed E-state index contributed by atoms with van der Waals surface area (Å²) in [5.74, 6) is 0. The second-order valence-corrected chi connectivity index (χ2v) is 7.08. The molecule has 0 N–H and O–H groups in total. The van der Waals surface area contributed by atoms with Crippen molar-refractivity contribution in [2.24, 2.45) is 0 Å². The van der Waals surface area contributed by atoms with Crippen LogP contribution in [0.4, 0.5) is 0 Å². The zero-order valence-electron chi connectivity index (χ0n) is 10.6. The number of benzene rings is 1. The Kier molecular flexibility index (Phi) is 3.14. The van der Waals surface area contributed by atoms with Crippen LogP contribution in [0.5, 0.6) is 0 Å². The summed E-state index contributed by atoms with van der Waals surface area (Å²) in [5, 5.41) is 0.773. The Bertz CT molecular complexity index is 883. The fourth-order valence-electron chi connectivity index (χ4n) is 2.06.